The number of benzene rings is 1. The average Bonchev–Trinajstić information content (AvgIpc) is 2.30. The van der Waals surface area contributed by atoms with Crippen molar-refractivity contribution in [1.82, 2.24) is 5.43 Å². The van der Waals surface area contributed by atoms with Gasteiger partial charge in [0, 0.05) is 12.3 Å². The molecule has 0 aromatic heterocycles. The van der Waals surface area contributed by atoms with E-state index in [0.29, 0.717) is 6.42 Å². The fourth-order valence-electron chi connectivity index (χ4n) is 1.84. The van der Waals surface area contributed by atoms with E-state index in [9.17, 15) is 9.90 Å². The van der Waals surface area contributed by atoms with Gasteiger partial charge in [-0.25, -0.2) is 5.43 Å². The summed E-state index contributed by atoms with van der Waals surface area (Å²) >= 11 is 0. The molecule has 1 radical (unpaired) electrons. The van der Waals surface area contributed by atoms with Crippen molar-refractivity contribution in [2.24, 2.45) is 11.0 Å². The van der Waals surface area contributed by atoms with Crippen molar-refractivity contribution in [2.45, 2.75) is 19.8 Å². The number of carbonyl (C=O) groups excluding carboxylic acids is 1. The molecular formula is C12H13N2O2. The van der Waals surface area contributed by atoms with E-state index in [0.717, 1.165) is 17.7 Å². The molecule has 1 N–H and O–H groups in total. The predicted molar refractivity (Wildman–Crippen MR) is 59.7 cm³/mol. The standard InChI is InChI=1S/C12H13N2O2/c1-2-8-7-11(16)13-14-12(8)9-3-5-10(15)6-4-9/h3-6,8H,2,7H2,1H3,(H,13,16). The van der Waals surface area contributed by atoms with Crippen molar-refractivity contribution in [2.75, 3.05) is 0 Å². The van der Waals surface area contributed by atoms with Crippen LogP contribution in [0.15, 0.2) is 29.4 Å². The van der Waals surface area contributed by atoms with Crippen LogP contribution in [0.3, 0.4) is 0 Å². The number of hydrogen-bond donors (Lipinski definition) is 1. The van der Waals surface area contributed by atoms with Gasteiger partial charge in [-0.05, 0) is 36.2 Å². The summed E-state index contributed by atoms with van der Waals surface area (Å²) in [5.41, 5.74) is 4.25. The van der Waals surface area contributed by atoms with E-state index < -0.39 is 0 Å². The Morgan fingerprint density at radius 3 is 2.69 bits per heavy atom. The van der Waals surface area contributed by atoms with Crippen molar-refractivity contribution in [3.8, 4) is 5.75 Å². The monoisotopic (exact) mass is 217 g/mol. The molecule has 1 aliphatic rings. The number of rotatable bonds is 2. The largest absolute Gasteiger partial charge is 0.290 e. The highest BCUT2D eigenvalue weighted by Crippen LogP contribution is 2.21. The molecule has 1 aromatic rings. The smallest absolute Gasteiger partial charge is 0.240 e. The molecule has 83 valence electrons. The summed E-state index contributed by atoms with van der Waals surface area (Å²) in [7, 11) is 0. The molecule has 1 aliphatic heterocycles. The first-order valence-electron chi connectivity index (χ1n) is 5.34. The maximum Gasteiger partial charge on any atom is 0.240 e. The lowest BCUT2D eigenvalue weighted by Crippen LogP contribution is -2.33. The van der Waals surface area contributed by atoms with E-state index in [1.807, 2.05) is 6.92 Å². The van der Waals surface area contributed by atoms with E-state index in [-0.39, 0.29) is 17.6 Å². The van der Waals surface area contributed by atoms with Crippen LogP contribution in [0.5, 0.6) is 5.75 Å². The third-order valence-electron chi connectivity index (χ3n) is 2.76. The second kappa shape index (κ2) is 4.35. The van der Waals surface area contributed by atoms with E-state index in [2.05, 4.69) is 10.5 Å². The van der Waals surface area contributed by atoms with Gasteiger partial charge >= 0.3 is 0 Å². The Kier molecular flexibility index (Phi) is 2.90. The zero-order valence-corrected chi connectivity index (χ0v) is 9.06. The second-order valence-corrected chi connectivity index (χ2v) is 3.87. The quantitative estimate of drug-likeness (QED) is 0.810. The molecule has 0 saturated carbocycles. The van der Waals surface area contributed by atoms with Crippen molar-refractivity contribution >= 4 is 11.6 Å². The van der Waals surface area contributed by atoms with Gasteiger partial charge < -0.3 is 0 Å². The van der Waals surface area contributed by atoms with Gasteiger partial charge in [0.05, 0.1) is 5.71 Å². The van der Waals surface area contributed by atoms with Crippen LogP contribution < -0.4 is 5.43 Å². The molecular weight excluding hydrogens is 204 g/mol. The zero-order chi connectivity index (χ0) is 11.5. The molecule has 4 heteroatoms. The molecule has 0 aliphatic carbocycles. The van der Waals surface area contributed by atoms with Gasteiger partial charge in [-0.1, -0.05) is 6.92 Å². The zero-order valence-electron chi connectivity index (χ0n) is 9.06. The van der Waals surface area contributed by atoms with Crippen LogP contribution in [0.1, 0.15) is 25.3 Å². The van der Waals surface area contributed by atoms with Crippen molar-refractivity contribution in [3.63, 3.8) is 0 Å². The lowest BCUT2D eigenvalue weighted by Gasteiger charge is -2.21. The van der Waals surface area contributed by atoms with Gasteiger partial charge in [0.2, 0.25) is 5.91 Å². The van der Waals surface area contributed by atoms with Crippen LogP contribution in [0, 0.1) is 5.92 Å². The minimum absolute atomic E-state index is 0.0164. The molecule has 1 unspecified atom stereocenters. The van der Waals surface area contributed by atoms with Crippen molar-refractivity contribution < 1.29 is 9.90 Å². The first-order valence-corrected chi connectivity index (χ1v) is 5.34. The number of hydrazone groups is 1. The third-order valence-corrected chi connectivity index (χ3v) is 2.76. The third kappa shape index (κ3) is 2.05. The van der Waals surface area contributed by atoms with Crippen LogP contribution >= 0.6 is 0 Å². The summed E-state index contributed by atoms with van der Waals surface area (Å²) in [6, 6.07) is 6.53. The number of amides is 1. The Hall–Kier alpha value is -1.84. The summed E-state index contributed by atoms with van der Waals surface area (Å²) in [6.45, 7) is 2.03. The fourth-order valence-corrected chi connectivity index (χ4v) is 1.84. The predicted octanol–water partition coefficient (Wildman–Crippen LogP) is 2.08. The Bertz CT molecular complexity index is 423. The van der Waals surface area contributed by atoms with Crippen LogP contribution in [-0.2, 0) is 9.90 Å². The number of hydrogen-bond acceptors (Lipinski definition) is 2. The fraction of sp³-hybridized carbons (Fsp3) is 0.333. The topological polar surface area (TPSA) is 61.4 Å². The number of nitrogens with one attached hydrogen (secondary N) is 1. The summed E-state index contributed by atoms with van der Waals surface area (Å²) in [5, 5.41) is 15.1. The molecule has 0 spiro atoms. The van der Waals surface area contributed by atoms with E-state index >= 15 is 0 Å². The highest BCUT2D eigenvalue weighted by atomic mass is 16.3. The summed E-state index contributed by atoms with van der Waals surface area (Å²) < 4.78 is 0. The summed E-state index contributed by atoms with van der Waals surface area (Å²) in [4.78, 5) is 11.2. The SMILES string of the molecule is CCC1CC(=O)NN=C1c1ccc([O])cc1. The van der Waals surface area contributed by atoms with Gasteiger partial charge in [0.15, 0.2) is 5.75 Å². The maximum absolute atomic E-state index is 11.2. The molecule has 1 aromatic carbocycles. The summed E-state index contributed by atoms with van der Waals surface area (Å²) in [5.74, 6) is 0.0829. The highest BCUT2D eigenvalue weighted by molar-refractivity contribution is 6.05. The first-order chi connectivity index (χ1) is 7.70. The number of nitrogens with zero attached hydrogens (tertiary/aromatic N) is 1. The molecule has 0 saturated heterocycles. The second-order valence-electron chi connectivity index (χ2n) is 3.87. The molecule has 4 nitrogen and oxygen atoms in total. The Morgan fingerprint density at radius 1 is 1.38 bits per heavy atom. The normalized spacial score (nSPS) is 20.2. The Labute approximate surface area is 94.0 Å². The van der Waals surface area contributed by atoms with E-state index in [1.54, 1.807) is 12.1 Å². The van der Waals surface area contributed by atoms with Gasteiger partial charge in [0.25, 0.3) is 0 Å². The molecule has 16 heavy (non-hydrogen) atoms. The lowest BCUT2D eigenvalue weighted by molar-refractivity contribution is -0.122. The van der Waals surface area contributed by atoms with Gasteiger partial charge in [-0.3, -0.25) is 9.90 Å². The molecule has 0 fully saturated rings. The number of carbonyl (C=O) groups is 1. The molecule has 1 amide bonds. The van der Waals surface area contributed by atoms with Crippen molar-refractivity contribution in [3.05, 3.63) is 29.8 Å². The van der Waals surface area contributed by atoms with E-state index in [4.69, 9.17) is 0 Å². The first kappa shape index (κ1) is 10.7. The van der Waals surface area contributed by atoms with E-state index in [1.165, 1.54) is 12.1 Å². The van der Waals surface area contributed by atoms with Gasteiger partial charge in [0.1, 0.15) is 0 Å². The van der Waals surface area contributed by atoms with Gasteiger partial charge in [-0.2, -0.15) is 5.10 Å². The van der Waals surface area contributed by atoms with Crippen LogP contribution in [0.4, 0.5) is 0 Å². The minimum Gasteiger partial charge on any atom is -0.290 e. The van der Waals surface area contributed by atoms with Crippen LogP contribution in [0.2, 0.25) is 0 Å². The highest BCUT2D eigenvalue weighted by Gasteiger charge is 2.23. The average molecular weight is 217 g/mol. The molecule has 1 atom stereocenters. The van der Waals surface area contributed by atoms with Crippen LogP contribution in [-0.4, -0.2) is 11.6 Å². The Morgan fingerprint density at radius 2 is 2.06 bits per heavy atom. The molecule has 0 bridgehead atoms. The summed E-state index contributed by atoms with van der Waals surface area (Å²) in [6.07, 6.45) is 1.33. The van der Waals surface area contributed by atoms with Gasteiger partial charge in [-0.15, -0.1) is 0 Å². The molecule has 1 heterocycles. The van der Waals surface area contributed by atoms with Crippen molar-refractivity contribution in [1.29, 1.82) is 0 Å². The Balaban J connectivity index is 2.31. The minimum atomic E-state index is -0.0453. The lowest BCUT2D eigenvalue weighted by atomic mass is 9.90. The molecule has 2 rings (SSSR count). The maximum atomic E-state index is 11.2. The van der Waals surface area contributed by atoms with Crippen LogP contribution in [0.25, 0.3) is 0 Å².